The molecule has 0 aromatic carbocycles. The number of rotatable bonds is 3. The summed E-state index contributed by atoms with van der Waals surface area (Å²) in [6.07, 6.45) is 6.18. The summed E-state index contributed by atoms with van der Waals surface area (Å²) in [5.74, 6) is 0.431. The van der Waals surface area contributed by atoms with Crippen LogP contribution in [0.3, 0.4) is 0 Å². The molecule has 1 atom stereocenters. The van der Waals surface area contributed by atoms with Crippen molar-refractivity contribution in [2.45, 2.75) is 58.0 Å². The maximum atomic E-state index is 10.9. The van der Waals surface area contributed by atoms with Gasteiger partial charge in [0.15, 0.2) is 0 Å². The molecule has 2 nitrogen and oxygen atoms in total. The first-order valence-electron chi connectivity index (χ1n) is 5.24. The summed E-state index contributed by atoms with van der Waals surface area (Å²) in [5, 5.41) is 10.1. The third kappa shape index (κ3) is 3.11. The number of hydrogen-bond donors (Lipinski definition) is 1. The van der Waals surface area contributed by atoms with Crippen molar-refractivity contribution in [1.82, 2.24) is 0 Å². The molecule has 76 valence electrons. The average molecular weight is 184 g/mol. The Morgan fingerprint density at radius 3 is 2.38 bits per heavy atom. The van der Waals surface area contributed by atoms with E-state index in [2.05, 4.69) is 0 Å². The van der Waals surface area contributed by atoms with E-state index >= 15 is 0 Å². The molecule has 0 heterocycles. The molecule has 0 radical (unpaired) electrons. The largest absolute Gasteiger partial charge is 0.389 e. The zero-order valence-electron chi connectivity index (χ0n) is 8.68. The van der Waals surface area contributed by atoms with Crippen LogP contribution in [-0.2, 0) is 4.79 Å². The summed E-state index contributed by atoms with van der Waals surface area (Å²) >= 11 is 0. The van der Waals surface area contributed by atoms with E-state index in [1.807, 2.05) is 6.92 Å². The molecule has 0 aromatic heterocycles. The zero-order chi connectivity index (χ0) is 9.90. The highest BCUT2D eigenvalue weighted by atomic mass is 16.3. The second kappa shape index (κ2) is 4.23. The number of ketones is 1. The Hall–Kier alpha value is -0.370. The first-order chi connectivity index (χ1) is 6.02. The van der Waals surface area contributed by atoms with E-state index in [1.165, 1.54) is 19.3 Å². The van der Waals surface area contributed by atoms with Crippen LogP contribution in [0.5, 0.6) is 0 Å². The molecule has 13 heavy (non-hydrogen) atoms. The van der Waals surface area contributed by atoms with E-state index in [4.69, 9.17) is 0 Å². The molecule has 1 unspecified atom stereocenters. The first-order valence-corrected chi connectivity index (χ1v) is 5.24. The zero-order valence-corrected chi connectivity index (χ0v) is 8.68. The third-order valence-electron chi connectivity index (χ3n) is 3.09. The minimum Gasteiger partial charge on any atom is -0.389 e. The molecule has 0 aromatic rings. The SMILES string of the molecule is CC(=O)CC(C)(O)C1CCCCC1. The second-order valence-electron chi connectivity index (χ2n) is 4.57. The van der Waals surface area contributed by atoms with E-state index in [9.17, 15) is 9.90 Å². The summed E-state index contributed by atoms with van der Waals surface area (Å²) in [6, 6.07) is 0. The number of carbonyl (C=O) groups excluding carboxylic acids is 1. The Bertz CT molecular complexity index is 179. The van der Waals surface area contributed by atoms with Crippen LogP contribution >= 0.6 is 0 Å². The molecule has 2 heteroatoms. The van der Waals surface area contributed by atoms with E-state index in [0.29, 0.717) is 12.3 Å². The van der Waals surface area contributed by atoms with Gasteiger partial charge < -0.3 is 5.11 Å². The van der Waals surface area contributed by atoms with Crippen molar-refractivity contribution in [2.75, 3.05) is 0 Å². The molecular formula is C11H20O2. The Kier molecular flexibility index (Phi) is 3.48. The molecular weight excluding hydrogens is 164 g/mol. The van der Waals surface area contributed by atoms with Gasteiger partial charge in [0, 0.05) is 6.42 Å². The minimum absolute atomic E-state index is 0.0931. The lowest BCUT2D eigenvalue weighted by Crippen LogP contribution is -2.37. The van der Waals surface area contributed by atoms with Crippen molar-refractivity contribution in [2.24, 2.45) is 5.92 Å². The number of carbonyl (C=O) groups is 1. The van der Waals surface area contributed by atoms with Gasteiger partial charge in [0.05, 0.1) is 5.60 Å². The quantitative estimate of drug-likeness (QED) is 0.730. The maximum Gasteiger partial charge on any atom is 0.132 e. The molecule has 0 saturated heterocycles. The standard InChI is InChI=1S/C11H20O2/c1-9(12)8-11(2,13)10-6-4-3-5-7-10/h10,13H,3-8H2,1-2H3. The molecule has 1 aliphatic carbocycles. The van der Waals surface area contributed by atoms with Crippen molar-refractivity contribution in [3.63, 3.8) is 0 Å². The van der Waals surface area contributed by atoms with Gasteiger partial charge in [-0.2, -0.15) is 0 Å². The number of Topliss-reactive ketones (excluding diaryl/α,β-unsaturated/α-hetero) is 1. The van der Waals surface area contributed by atoms with Crippen molar-refractivity contribution in [3.05, 3.63) is 0 Å². The van der Waals surface area contributed by atoms with Gasteiger partial charge in [-0.05, 0) is 32.6 Å². The summed E-state index contributed by atoms with van der Waals surface area (Å²) < 4.78 is 0. The second-order valence-corrected chi connectivity index (χ2v) is 4.57. The van der Waals surface area contributed by atoms with E-state index in [-0.39, 0.29) is 5.78 Å². The molecule has 0 spiro atoms. The molecule has 1 fully saturated rings. The normalized spacial score (nSPS) is 23.9. The monoisotopic (exact) mass is 184 g/mol. The molecule has 1 aliphatic rings. The van der Waals surface area contributed by atoms with Crippen molar-refractivity contribution in [1.29, 1.82) is 0 Å². The topological polar surface area (TPSA) is 37.3 Å². The molecule has 1 saturated carbocycles. The lowest BCUT2D eigenvalue weighted by Gasteiger charge is -2.34. The fourth-order valence-electron chi connectivity index (χ4n) is 2.37. The Morgan fingerprint density at radius 2 is 1.92 bits per heavy atom. The predicted octanol–water partition coefficient (Wildman–Crippen LogP) is 2.30. The summed E-state index contributed by atoms with van der Waals surface area (Å²) in [5.41, 5.74) is -0.758. The van der Waals surface area contributed by atoms with Crippen LogP contribution in [0, 0.1) is 5.92 Å². The van der Waals surface area contributed by atoms with Gasteiger partial charge in [-0.25, -0.2) is 0 Å². The fourth-order valence-corrected chi connectivity index (χ4v) is 2.37. The minimum atomic E-state index is -0.758. The van der Waals surface area contributed by atoms with Gasteiger partial charge in [-0.15, -0.1) is 0 Å². The summed E-state index contributed by atoms with van der Waals surface area (Å²) in [6.45, 7) is 3.36. The predicted molar refractivity (Wildman–Crippen MR) is 52.5 cm³/mol. The van der Waals surface area contributed by atoms with Crippen molar-refractivity contribution in [3.8, 4) is 0 Å². The van der Waals surface area contributed by atoms with Crippen molar-refractivity contribution < 1.29 is 9.90 Å². The third-order valence-corrected chi connectivity index (χ3v) is 3.09. The van der Waals surface area contributed by atoms with Gasteiger partial charge in [0.2, 0.25) is 0 Å². The molecule has 1 rings (SSSR count). The van der Waals surface area contributed by atoms with Gasteiger partial charge >= 0.3 is 0 Å². The van der Waals surface area contributed by atoms with Gasteiger partial charge in [-0.1, -0.05) is 19.3 Å². The summed E-state index contributed by atoms with van der Waals surface area (Å²) in [4.78, 5) is 10.9. The fraction of sp³-hybridized carbons (Fsp3) is 0.909. The molecule has 0 aliphatic heterocycles. The van der Waals surface area contributed by atoms with E-state index < -0.39 is 5.60 Å². The van der Waals surface area contributed by atoms with Crippen LogP contribution in [0.1, 0.15) is 52.4 Å². The van der Waals surface area contributed by atoms with Crippen LogP contribution in [0.2, 0.25) is 0 Å². The summed E-state index contributed by atoms with van der Waals surface area (Å²) in [7, 11) is 0. The first kappa shape index (κ1) is 10.7. The van der Waals surface area contributed by atoms with Crippen molar-refractivity contribution >= 4 is 5.78 Å². The lowest BCUT2D eigenvalue weighted by molar-refractivity contribution is -0.124. The highest BCUT2D eigenvalue weighted by Crippen LogP contribution is 2.34. The Morgan fingerprint density at radius 1 is 1.38 bits per heavy atom. The Balaban J connectivity index is 2.50. The molecule has 1 N–H and O–H groups in total. The number of aliphatic hydroxyl groups is 1. The smallest absolute Gasteiger partial charge is 0.132 e. The van der Waals surface area contributed by atoms with E-state index in [1.54, 1.807) is 6.92 Å². The highest BCUT2D eigenvalue weighted by molar-refractivity contribution is 5.76. The number of hydrogen-bond acceptors (Lipinski definition) is 2. The lowest BCUT2D eigenvalue weighted by atomic mass is 9.76. The highest BCUT2D eigenvalue weighted by Gasteiger charge is 2.33. The van der Waals surface area contributed by atoms with E-state index in [0.717, 1.165) is 12.8 Å². The maximum absolute atomic E-state index is 10.9. The van der Waals surface area contributed by atoms with Gasteiger partial charge in [0.1, 0.15) is 5.78 Å². The molecule has 0 amide bonds. The van der Waals surface area contributed by atoms with Crippen LogP contribution in [0.25, 0.3) is 0 Å². The van der Waals surface area contributed by atoms with Gasteiger partial charge in [0.25, 0.3) is 0 Å². The van der Waals surface area contributed by atoms with Crippen LogP contribution in [-0.4, -0.2) is 16.5 Å². The average Bonchev–Trinajstić information content (AvgIpc) is 2.04. The van der Waals surface area contributed by atoms with Crippen LogP contribution < -0.4 is 0 Å². The Labute approximate surface area is 80.3 Å². The van der Waals surface area contributed by atoms with Crippen LogP contribution in [0.15, 0.2) is 0 Å². The molecule has 0 bridgehead atoms. The van der Waals surface area contributed by atoms with Crippen LogP contribution in [0.4, 0.5) is 0 Å². The van der Waals surface area contributed by atoms with Gasteiger partial charge in [-0.3, -0.25) is 4.79 Å².